The Morgan fingerprint density at radius 2 is 1.71 bits per heavy atom. The van der Waals surface area contributed by atoms with Crippen molar-refractivity contribution in [3.8, 4) is 11.5 Å². The van der Waals surface area contributed by atoms with Gasteiger partial charge in [-0.25, -0.2) is 0 Å². The highest BCUT2D eigenvalue weighted by atomic mass is 32.1. The monoisotopic (exact) mass is 484 g/mol. The number of likely N-dealkylation sites (N-methyl/N-ethyl adjacent to an activating group) is 1. The molecular formula is C26H36N4O3S. The molecule has 0 aromatic heterocycles. The van der Waals surface area contributed by atoms with Gasteiger partial charge in [0.1, 0.15) is 11.5 Å². The average molecular weight is 485 g/mol. The van der Waals surface area contributed by atoms with Crippen LogP contribution in [0, 0.1) is 0 Å². The molecule has 0 aliphatic carbocycles. The smallest absolute Gasteiger partial charge is 0.223 e. The van der Waals surface area contributed by atoms with E-state index in [0.29, 0.717) is 18.1 Å². The van der Waals surface area contributed by atoms with Crippen molar-refractivity contribution < 1.29 is 14.3 Å². The van der Waals surface area contributed by atoms with Crippen LogP contribution in [0.3, 0.4) is 0 Å². The van der Waals surface area contributed by atoms with Gasteiger partial charge in [-0.05, 0) is 74.0 Å². The summed E-state index contributed by atoms with van der Waals surface area (Å²) in [5.41, 5.74) is 8.75. The number of rotatable bonds is 13. The highest BCUT2D eigenvalue weighted by molar-refractivity contribution is 7.80. The molecule has 0 aliphatic heterocycles. The fraction of sp³-hybridized carbons (Fsp3) is 0.385. The molecule has 0 unspecified atom stereocenters. The van der Waals surface area contributed by atoms with E-state index in [9.17, 15) is 4.79 Å². The van der Waals surface area contributed by atoms with Crippen LogP contribution in [0.25, 0.3) is 6.08 Å². The Bertz CT molecular complexity index is 941. The number of carbonyl (C=O) groups is 1. The van der Waals surface area contributed by atoms with E-state index in [1.807, 2.05) is 61.7 Å². The third kappa shape index (κ3) is 9.41. The number of nitrogens with two attached hydrogens (primary N) is 1. The Hall–Kier alpha value is -3.10. The van der Waals surface area contributed by atoms with Gasteiger partial charge in [0.2, 0.25) is 5.91 Å². The molecule has 0 saturated carbocycles. The second-order valence-corrected chi connectivity index (χ2v) is 8.49. The van der Waals surface area contributed by atoms with Gasteiger partial charge in [-0.3, -0.25) is 4.79 Å². The van der Waals surface area contributed by atoms with Crippen molar-refractivity contribution in [1.29, 1.82) is 0 Å². The SMILES string of the molecule is COc1cc(CCN(C)CCCNC(=O)C/C=C/c2ccc(N(C)C(N)=S)cc2)cc(OC)c1. The zero-order valence-electron chi connectivity index (χ0n) is 20.5. The summed E-state index contributed by atoms with van der Waals surface area (Å²) in [6.07, 6.45) is 5.95. The lowest BCUT2D eigenvalue weighted by Crippen LogP contribution is -2.31. The number of amides is 1. The molecular weight excluding hydrogens is 448 g/mol. The van der Waals surface area contributed by atoms with Crippen LogP contribution in [0.15, 0.2) is 48.5 Å². The topological polar surface area (TPSA) is 80.1 Å². The standard InChI is InChI=1S/C26H36N4O3S/c1-29(16-13-21-17-23(32-3)19-24(18-21)33-4)15-6-14-28-25(31)8-5-7-20-9-11-22(12-10-20)30(2)26(27)34/h5,7,9-12,17-19H,6,8,13-16H2,1-4H3,(H2,27,34)(H,28,31)/b7-5+. The first-order valence-electron chi connectivity index (χ1n) is 11.3. The maximum atomic E-state index is 12.1. The van der Waals surface area contributed by atoms with Crippen LogP contribution in [0.5, 0.6) is 11.5 Å². The third-order valence-electron chi connectivity index (χ3n) is 5.46. The Labute approximate surface area is 208 Å². The Balaban J connectivity index is 1.64. The van der Waals surface area contributed by atoms with E-state index < -0.39 is 0 Å². The largest absolute Gasteiger partial charge is 0.497 e. The van der Waals surface area contributed by atoms with E-state index in [1.54, 1.807) is 19.1 Å². The summed E-state index contributed by atoms with van der Waals surface area (Å²) < 4.78 is 10.7. The number of hydrogen-bond acceptors (Lipinski definition) is 5. The summed E-state index contributed by atoms with van der Waals surface area (Å²) in [5.74, 6) is 1.62. The number of methoxy groups -OCH3 is 2. The van der Waals surface area contributed by atoms with Gasteiger partial charge in [-0.1, -0.05) is 24.3 Å². The molecule has 3 N–H and O–H groups in total. The third-order valence-corrected chi connectivity index (χ3v) is 5.73. The first-order chi connectivity index (χ1) is 16.3. The Morgan fingerprint density at radius 1 is 1.06 bits per heavy atom. The van der Waals surface area contributed by atoms with Crippen LogP contribution in [-0.4, -0.2) is 63.9 Å². The average Bonchev–Trinajstić information content (AvgIpc) is 2.85. The summed E-state index contributed by atoms with van der Waals surface area (Å²) in [6.45, 7) is 2.48. The van der Waals surface area contributed by atoms with Crippen LogP contribution in [0.1, 0.15) is 24.0 Å². The molecule has 0 atom stereocenters. The van der Waals surface area contributed by atoms with Crippen molar-refractivity contribution in [1.82, 2.24) is 10.2 Å². The predicted octanol–water partition coefficient (Wildman–Crippen LogP) is 3.47. The first-order valence-corrected chi connectivity index (χ1v) is 11.7. The molecule has 2 aromatic carbocycles. The first kappa shape index (κ1) is 27.1. The second-order valence-electron chi connectivity index (χ2n) is 8.07. The summed E-state index contributed by atoms with van der Waals surface area (Å²) in [6, 6.07) is 13.8. The van der Waals surface area contributed by atoms with Crippen LogP contribution >= 0.6 is 12.2 Å². The zero-order chi connectivity index (χ0) is 24.9. The molecule has 8 heteroatoms. The number of ether oxygens (including phenoxy) is 2. The Morgan fingerprint density at radius 3 is 2.29 bits per heavy atom. The Kier molecular flexibility index (Phi) is 11.4. The number of nitrogens with zero attached hydrogens (tertiary/aromatic N) is 2. The molecule has 0 spiro atoms. The minimum Gasteiger partial charge on any atom is -0.497 e. The van der Waals surface area contributed by atoms with E-state index in [4.69, 9.17) is 27.4 Å². The van der Waals surface area contributed by atoms with Gasteiger partial charge < -0.3 is 30.3 Å². The minimum absolute atomic E-state index is 0.0206. The van der Waals surface area contributed by atoms with Crippen molar-refractivity contribution in [2.45, 2.75) is 19.3 Å². The van der Waals surface area contributed by atoms with E-state index in [1.165, 1.54) is 5.56 Å². The minimum atomic E-state index is 0.0206. The molecule has 2 aromatic rings. The number of carbonyl (C=O) groups excluding carboxylic acids is 1. The lowest BCUT2D eigenvalue weighted by Gasteiger charge is -2.17. The highest BCUT2D eigenvalue weighted by Crippen LogP contribution is 2.22. The van der Waals surface area contributed by atoms with E-state index in [0.717, 1.165) is 48.7 Å². The molecule has 0 heterocycles. The second kappa shape index (κ2) is 14.2. The lowest BCUT2D eigenvalue weighted by molar-refractivity contribution is -0.120. The van der Waals surface area contributed by atoms with Crippen LogP contribution < -0.4 is 25.4 Å². The molecule has 0 saturated heterocycles. The van der Waals surface area contributed by atoms with E-state index in [2.05, 4.69) is 17.3 Å². The van der Waals surface area contributed by atoms with Crippen molar-refractivity contribution in [2.75, 3.05) is 52.8 Å². The van der Waals surface area contributed by atoms with Crippen LogP contribution in [0.2, 0.25) is 0 Å². The van der Waals surface area contributed by atoms with Crippen molar-refractivity contribution in [2.24, 2.45) is 5.73 Å². The number of anilines is 1. The van der Waals surface area contributed by atoms with Gasteiger partial charge in [0.15, 0.2) is 5.11 Å². The number of nitrogens with one attached hydrogen (secondary N) is 1. The molecule has 0 aliphatic rings. The maximum Gasteiger partial charge on any atom is 0.223 e. The molecule has 0 fully saturated rings. The van der Waals surface area contributed by atoms with E-state index in [-0.39, 0.29) is 5.91 Å². The van der Waals surface area contributed by atoms with E-state index >= 15 is 0 Å². The predicted molar refractivity (Wildman–Crippen MR) is 144 cm³/mol. The summed E-state index contributed by atoms with van der Waals surface area (Å²) in [4.78, 5) is 16.1. The quantitative estimate of drug-likeness (QED) is 0.333. The highest BCUT2D eigenvalue weighted by Gasteiger charge is 2.05. The number of hydrogen-bond donors (Lipinski definition) is 2. The summed E-state index contributed by atoms with van der Waals surface area (Å²) >= 11 is 4.97. The van der Waals surface area contributed by atoms with Gasteiger partial charge in [0.05, 0.1) is 14.2 Å². The fourth-order valence-corrected chi connectivity index (χ4v) is 3.44. The molecule has 1 amide bonds. The number of benzene rings is 2. The van der Waals surface area contributed by atoms with Gasteiger partial charge in [0.25, 0.3) is 0 Å². The van der Waals surface area contributed by atoms with Crippen molar-refractivity contribution in [3.63, 3.8) is 0 Å². The summed E-state index contributed by atoms with van der Waals surface area (Å²) in [7, 11) is 7.23. The van der Waals surface area contributed by atoms with Crippen LogP contribution in [0.4, 0.5) is 5.69 Å². The van der Waals surface area contributed by atoms with Gasteiger partial charge in [0, 0.05) is 38.3 Å². The van der Waals surface area contributed by atoms with Gasteiger partial charge in [-0.15, -0.1) is 0 Å². The van der Waals surface area contributed by atoms with Crippen molar-refractivity contribution in [3.05, 3.63) is 59.7 Å². The van der Waals surface area contributed by atoms with Gasteiger partial charge in [-0.2, -0.15) is 0 Å². The molecule has 184 valence electrons. The normalized spacial score (nSPS) is 11.0. The molecule has 0 bridgehead atoms. The summed E-state index contributed by atoms with van der Waals surface area (Å²) in [5, 5.41) is 3.30. The zero-order valence-corrected chi connectivity index (χ0v) is 21.4. The molecule has 2 rings (SSSR count). The van der Waals surface area contributed by atoms with Crippen LogP contribution in [-0.2, 0) is 11.2 Å². The fourth-order valence-electron chi connectivity index (χ4n) is 3.33. The van der Waals surface area contributed by atoms with Gasteiger partial charge >= 0.3 is 0 Å². The lowest BCUT2D eigenvalue weighted by atomic mass is 10.1. The van der Waals surface area contributed by atoms with Crippen molar-refractivity contribution >= 4 is 35.0 Å². The number of thiocarbonyl (C=S) groups is 1. The maximum absolute atomic E-state index is 12.1. The molecule has 7 nitrogen and oxygen atoms in total. The molecule has 34 heavy (non-hydrogen) atoms. The molecule has 0 radical (unpaired) electrons.